The molecule has 0 saturated carbocycles. The Morgan fingerprint density at radius 1 is 1.00 bits per heavy atom. The predicted molar refractivity (Wildman–Crippen MR) is 126 cm³/mol. The second-order valence-electron chi connectivity index (χ2n) is 8.38. The van der Waals surface area contributed by atoms with Crippen LogP contribution in [0.1, 0.15) is 75.3 Å². The molecule has 0 spiro atoms. The van der Waals surface area contributed by atoms with Crippen LogP contribution in [0.15, 0.2) is 60.7 Å². The number of nitriles is 1. The molecular weight excluding hydrogens is 430 g/mol. The van der Waals surface area contributed by atoms with Gasteiger partial charge in [0.25, 0.3) is 0 Å². The Hall–Kier alpha value is -4.11. The van der Waals surface area contributed by atoms with Crippen molar-refractivity contribution in [1.29, 1.82) is 5.26 Å². The fourth-order valence-corrected chi connectivity index (χ4v) is 4.09. The van der Waals surface area contributed by atoms with Crippen LogP contribution in [0, 0.1) is 11.3 Å². The summed E-state index contributed by atoms with van der Waals surface area (Å²) in [5.41, 5.74) is 4.08. The molecule has 0 amide bonds. The number of carbonyl (C=O) groups excluding carboxylic acids is 2. The zero-order chi connectivity index (χ0) is 24.2. The van der Waals surface area contributed by atoms with Crippen molar-refractivity contribution in [3.63, 3.8) is 0 Å². The van der Waals surface area contributed by atoms with Crippen LogP contribution in [0.2, 0.25) is 0 Å². The Morgan fingerprint density at radius 2 is 1.65 bits per heavy atom. The normalized spacial score (nSPS) is 13.4. The van der Waals surface area contributed by atoms with E-state index in [4.69, 9.17) is 14.2 Å². The fourth-order valence-electron chi connectivity index (χ4n) is 4.09. The first-order valence-corrected chi connectivity index (χ1v) is 11.1. The first-order chi connectivity index (χ1) is 16.4. The Labute approximate surface area is 198 Å². The van der Waals surface area contributed by atoms with E-state index in [9.17, 15) is 14.9 Å². The zero-order valence-electron chi connectivity index (χ0n) is 19.3. The second-order valence-corrected chi connectivity index (χ2v) is 8.38. The quantitative estimate of drug-likeness (QED) is 0.450. The van der Waals surface area contributed by atoms with Crippen molar-refractivity contribution in [2.75, 3.05) is 13.7 Å². The molecule has 0 fully saturated rings. The summed E-state index contributed by atoms with van der Waals surface area (Å²) >= 11 is 0. The van der Waals surface area contributed by atoms with Crippen LogP contribution in [0.3, 0.4) is 0 Å². The highest BCUT2D eigenvalue weighted by Crippen LogP contribution is 2.42. The van der Waals surface area contributed by atoms with E-state index in [0.717, 1.165) is 16.7 Å². The van der Waals surface area contributed by atoms with Gasteiger partial charge >= 0.3 is 5.97 Å². The SMILES string of the molecule is COC(=O)c1ccc(C(Oc2ccc3c(c2C(C)C)OCCC3=O)c2ccc(C#N)cc2)cc1. The molecule has 1 atom stereocenters. The van der Waals surface area contributed by atoms with Gasteiger partial charge in [-0.1, -0.05) is 38.1 Å². The van der Waals surface area contributed by atoms with E-state index in [-0.39, 0.29) is 11.7 Å². The van der Waals surface area contributed by atoms with Crippen LogP contribution >= 0.6 is 0 Å². The van der Waals surface area contributed by atoms with Gasteiger partial charge in [-0.3, -0.25) is 4.79 Å². The summed E-state index contributed by atoms with van der Waals surface area (Å²) in [5, 5.41) is 9.19. The van der Waals surface area contributed by atoms with Gasteiger partial charge in [0.1, 0.15) is 17.6 Å². The summed E-state index contributed by atoms with van der Waals surface area (Å²) < 4.78 is 17.3. The Morgan fingerprint density at radius 3 is 2.24 bits per heavy atom. The molecule has 0 bridgehead atoms. The molecule has 34 heavy (non-hydrogen) atoms. The summed E-state index contributed by atoms with van der Waals surface area (Å²) in [6.07, 6.45) is -0.153. The third kappa shape index (κ3) is 4.51. The summed E-state index contributed by atoms with van der Waals surface area (Å²) in [7, 11) is 1.34. The van der Waals surface area contributed by atoms with E-state index in [1.807, 2.05) is 44.2 Å². The molecule has 1 aliphatic heterocycles. The van der Waals surface area contributed by atoms with E-state index in [1.165, 1.54) is 7.11 Å². The highest BCUT2D eigenvalue weighted by Gasteiger charge is 2.27. The van der Waals surface area contributed by atoms with Gasteiger partial charge in [0.2, 0.25) is 0 Å². The van der Waals surface area contributed by atoms with Gasteiger partial charge in [0, 0.05) is 12.0 Å². The maximum absolute atomic E-state index is 12.4. The van der Waals surface area contributed by atoms with Crippen LogP contribution < -0.4 is 9.47 Å². The van der Waals surface area contributed by atoms with E-state index in [2.05, 4.69) is 6.07 Å². The molecule has 6 heteroatoms. The van der Waals surface area contributed by atoms with Gasteiger partial charge in [0.15, 0.2) is 5.78 Å². The van der Waals surface area contributed by atoms with Crippen LogP contribution in [0.5, 0.6) is 11.5 Å². The molecule has 6 nitrogen and oxygen atoms in total. The first-order valence-electron chi connectivity index (χ1n) is 11.1. The summed E-state index contributed by atoms with van der Waals surface area (Å²) in [4.78, 5) is 24.3. The molecule has 0 saturated heterocycles. The maximum atomic E-state index is 12.4. The topological polar surface area (TPSA) is 85.6 Å². The highest BCUT2D eigenvalue weighted by atomic mass is 16.5. The number of carbonyl (C=O) groups is 2. The van der Waals surface area contributed by atoms with Gasteiger partial charge in [0.05, 0.1) is 36.5 Å². The molecule has 1 heterocycles. The third-order valence-electron chi connectivity index (χ3n) is 5.83. The molecule has 1 unspecified atom stereocenters. The van der Waals surface area contributed by atoms with Gasteiger partial charge in [-0.25, -0.2) is 4.79 Å². The number of hydrogen-bond donors (Lipinski definition) is 0. The van der Waals surface area contributed by atoms with Crippen molar-refractivity contribution < 1.29 is 23.8 Å². The lowest BCUT2D eigenvalue weighted by atomic mass is 9.93. The maximum Gasteiger partial charge on any atom is 0.337 e. The number of fused-ring (bicyclic) bond motifs is 1. The zero-order valence-corrected chi connectivity index (χ0v) is 19.3. The lowest BCUT2D eigenvalue weighted by molar-refractivity contribution is 0.0600. The van der Waals surface area contributed by atoms with Gasteiger partial charge < -0.3 is 14.2 Å². The van der Waals surface area contributed by atoms with Crippen molar-refractivity contribution in [2.24, 2.45) is 0 Å². The number of esters is 1. The van der Waals surface area contributed by atoms with E-state index in [1.54, 1.807) is 30.3 Å². The van der Waals surface area contributed by atoms with Crippen LogP contribution in [0.25, 0.3) is 0 Å². The average Bonchev–Trinajstić information content (AvgIpc) is 2.86. The molecule has 4 rings (SSSR count). The van der Waals surface area contributed by atoms with Gasteiger partial charge in [-0.2, -0.15) is 5.26 Å². The molecule has 172 valence electrons. The summed E-state index contributed by atoms with van der Waals surface area (Å²) in [5.74, 6) is 0.912. The minimum atomic E-state index is -0.519. The molecule has 0 aliphatic carbocycles. The van der Waals surface area contributed by atoms with Crippen molar-refractivity contribution in [3.05, 3.63) is 94.0 Å². The van der Waals surface area contributed by atoms with Crippen LogP contribution in [-0.2, 0) is 4.74 Å². The second kappa shape index (κ2) is 9.80. The fraction of sp³-hybridized carbons (Fsp3) is 0.250. The number of benzene rings is 3. The monoisotopic (exact) mass is 455 g/mol. The molecule has 0 radical (unpaired) electrons. The molecule has 3 aromatic rings. The molecule has 3 aromatic carbocycles. The summed E-state index contributed by atoms with van der Waals surface area (Å²) in [6.45, 7) is 4.42. The van der Waals surface area contributed by atoms with Gasteiger partial charge in [-0.15, -0.1) is 0 Å². The minimum absolute atomic E-state index is 0.0548. The Balaban J connectivity index is 1.79. The Kier molecular flexibility index (Phi) is 6.65. The van der Waals surface area contributed by atoms with E-state index in [0.29, 0.717) is 41.2 Å². The van der Waals surface area contributed by atoms with Crippen molar-refractivity contribution in [3.8, 4) is 17.6 Å². The number of ether oxygens (including phenoxy) is 3. The lowest BCUT2D eigenvalue weighted by Gasteiger charge is -2.27. The number of nitrogens with zero attached hydrogens (tertiary/aromatic N) is 1. The van der Waals surface area contributed by atoms with Crippen LogP contribution in [-0.4, -0.2) is 25.5 Å². The number of ketones is 1. The molecular formula is C28H25NO5. The predicted octanol–water partition coefficient (Wildman–Crippen LogP) is 5.60. The summed E-state index contributed by atoms with van der Waals surface area (Å²) in [6, 6.07) is 19.9. The van der Waals surface area contributed by atoms with Gasteiger partial charge in [-0.05, 0) is 53.4 Å². The number of rotatable bonds is 6. The van der Waals surface area contributed by atoms with Crippen molar-refractivity contribution in [1.82, 2.24) is 0 Å². The molecule has 0 N–H and O–H groups in total. The minimum Gasteiger partial charge on any atom is -0.492 e. The van der Waals surface area contributed by atoms with E-state index < -0.39 is 12.1 Å². The molecule has 0 aromatic heterocycles. The number of hydrogen-bond acceptors (Lipinski definition) is 6. The van der Waals surface area contributed by atoms with E-state index >= 15 is 0 Å². The Bertz CT molecular complexity index is 1250. The number of Topliss-reactive ketones (excluding diaryl/α,β-unsaturated/α-hetero) is 1. The third-order valence-corrected chi connectivity index (χ3v) is 5.83. The standard InChI is InChI=1S/C28H25NO5/c1-17(2)25-24(13-12-22-23(30)14-15-33-27(22)25)34-26(19-6-4-18(16-29)5-7-19)20-8-10-21(11-9-20)28(31)32-3/h4-13,17,26H,14-15H2,1-3H3. The smallest absolute Gasteiger partial charge is 0.337 e. The van der Waals surface area contributed by atoms with Crippen molar-refractivity contribution >= 4 is 11.8 Å². The molecule has 1 aliphatic rings. The first kappa shape index (κ1) is 23.1. The highest BCUT2D eigenvalue weighted by molar-refractivity contribution is 6.00. The lowest BCUT2D eigenvalue weighted by Crippen LogP contribution is -2.18. The van der Waals surface area contributed by atoms with Crippen LogP contribution in [0.4, 0.5) is 0 Å². The number of methoxy groups -OCH3 is 1. The largest absolute Gasteiger partial charge is 0.492 e. The van der Waals surface area contributed by atoms with Crippen molar-refractivity contribution in [2.45, 2.75) is 32.3 Å². The average molecular weight is 456 g/mol.